The second-order valence-corrected chi connectivity index (χ2v) is 13.2. The largest absolute Gasteiger partial charge is 0.309 e. The number of hydrogen-bond acceptors (Lipinski definition) is 3. The third-order valence-corrected chi connectivity index (χ3v) is 10.4. The molecule has 0 fully saturated rings. The Morgan fingerprint density at radius 2 is 0.882 bits per heavy atom. The molecule has 0 saturated carbocycles. The third-order valence-electron chi connectivity index (χ3n) is 10.4. The number of para-hydroxylation sites is 2. The smallest absolute Gasteiger partial charge is 0.164 e. The number of aromatic nitrogens is 4. The molecular formula is C47H28N4. The minimum absolute atomic E-state index is 0.636. The summed E-state index contributed by atoms with van der Waals surface area (Å²) in [7, 11) is 0. The van der Waals surface area contributed by atoms with E-state index in [1.807, 2.05) is 0 Å². The SMILES string of the molecule is c1cc(-c2nc(-c3ccc4ccccc4c3)nc(-c3ccc4c5c(cccc35)-c3ccccc3-4)n2)cc(-n2c3ccccc3c3ccccc32)c1. The normalized spacial score (nSPS) is 11.9. The standard InChI is InChI=1S/C47H28N4/c1-2-12-30-27-32(24-23-29(30)11-1)46-48-45(31-13-9-14-33(28-31)51-42-21-7-5-17-36(42)37-18-6-8-22-43(37)51)49-47(50-46)41-26-25-40-35-16-4-3-15-34(35)38-19-10-20-39(41)44(38)40/h1-28H. The van der Waals surface area contributed by atoms with E-state index in [0.29, 0.717) is 17.5 Å². The van der Waals surface area contributed by atoms with Gasteiger partial charge in [-0.1, -0.05) is 133 Å². The zero-order valence-electron chi connectivity index (χ0n) is 27.5. The number of fused-ring (bicyclic) bond motifs is 7. The van der Waals surface area contributed by atoms with Crippen molar-refractivity contribution in [2.45, 2.75) is 0 Å². The number of nitrogens with zero attached hydrogens (tertiary/aromatic N) is 4. The molecule has 236 valence electrons. The predicted molar refractivity (Wildman–Crippen MR) is 210 cm³/mol. The Hall–Kier alpha value is -6.91. The molecule has 0 aliphatic heterocycles. The molecule has 1 aliphatic rings. The van der Waals surface area contributed by atoms with Crippen LogP contribution < -0.4 is 0 Å². The van der Waals surface area contributed by atoms with Crippen molar-refractivity contribution in [3.63, 3.8) is 0 Å². The summed E-state index contributed by atoms with van der Waals surface area (Å²) in [5.74, 6) is 1.94. The van der Waals surface area contributed by atoms with Gasteiger partial charge >= 0.3 is 0 Å². The average Bonchev–Trinajstić information content (AvgIpc) is 3.72. The average molecular weight is 649 g/mol. The second-order valence-electron chi connectivity index (χ2n) is 13.2. The number of rotatable bonds is 4. The zero-order valence-corrected chi connectivity index (χ0v) is 27.5. The highest BCUT2D eigenvalue weighted by atomic mass is 15.0. The summed E-state index contributed by atoms with van der Waals surface area (Å²) in [4.78, 5) is 15.7. The molecule has 2 heterocycles. The lowest BCUT2D eigenvalue weighted by atomic mass is 9.98. The lowest BCUT2D eigenvalue weighted by Gasteiger charge is -2.13. The molecule has 4 heteroatoms. The Labute approximate surface area is 294 Å². The van der Waals surface area contributed by atoms with Crippen molar-refractivity contribution >= 4 is 43.4 Å². The minimum atomic E-state index is 0.636. The summed E-state index contributed by atoms with van der Waals surface area (Å²) in [5.41, 5.74) is 11.3. The number of hydrogen-bond donors (Lipinski definition) is 0. The van der Waals surface area contributed by atoms with Gasteiger partial charge in [-0.15, -0.1) is 0 Å². The van der Waals surface area contributed by atoms with Crippen LogP contribution in [0.25, 0.3) is 105 Å². The molecule has 0 spiro atoms. The van der Waals surface area contributed by atoms with Crippen LogP contribution in [0.5, 0.6) is 0 Å². The molecule has 1 aliphatic carbocycles. The molecule has 0 saturated heterocycles. The van der Waals surface area contributed by atoms with Gasteiger partial charge in [0.2, 0.25) is 0 Å². The van der Waals surface area contributed by atoms with Crippen LogP contribution in [0.2, 0.25) is 0 Å². The molecular weight excluding hydrogens is 621 g/mol. The molecule has 51 heavy (non-hydrogen) atoms. The van der Waals surface area contributed by atoms with Crippen molar-refractivity contribution in [2.24, 2.45) is 0 Å². The Morgan fingerprint density at radius 1 is 0.333 bits per heavy atom. The summed E-state index contributed by atoms with van der Waals surface area (Å²) in [6.07, 6.45) is 0. The van der Waals surface area contributed by atoms with Crippen LogP contribution in [-0.4, -0.2) is 19.5 Å². The van der Waals surface area contributed by atoms with E-state index in [4.69, 9.17) is 15.0 Å². The molecule has 0 unspecified atom stereocenters. The van der Waals surface area contributed by atoms with E-state index in [1.165, 1.54) is 43.8 Å². The van der Waals surface area contributed by atoms with E-state index in [2.05, 4.69) is 174 Å². The van der Waals surface area contributed by atoms with Crippen LogP contribution in [0.15, 0.2) is 170 Å². The highest BCUT2D eigenvalue weighted by Gasteiger charge is 2.24. The summed E-state index contributed by atoms with van der Waals surface area (Å²) < 4.78 is 2.33. The molecule has 0 bridgehead atoms. The summed E-state index contributed by atoms with van der Waals surface area (Å²) >= 11 is 0. The molecule has 11 rings (SSSR count). The molecule has 0 N–H and O–H groups in total. The Bertz CT molecular complexity index is 2960. The van der Waals surface area contributed by atoms with Gasteiger partial charge in [-0.05, 0) is 80.2 Å². The maximum absolute atomic E-state index is 5.26. The highest BCUT2D eigenvalue weighted by Crippen LogP contribution is 2.49. The summed E-state index contributed by atoms with van der Waals surface area (Å²) in [6.45, 7) is 0. The zero-order chi connectivity index (χ0) is 33.5. The van der Waals surface area contributed by atoms with Crippen LogP contribution in [0.3, 0.4) is 0 Å². The molecule has 0 radical (unpaired) electrons. The second kappa shape index (κ2) is 10.8. The van der Waals surface area contributed by atoms with Gasteiger partial charge in [0.1, 0.15) is 0 Å². The fourth-order valence-corrected chi connectivity index (χ4v) is 8.07. The molecule has 2 aromatic heterocycles. The van der Waals surface area contributed by atoms with Crippen molar-refractivity contribution in [3.8, 4) is 62.1 Å². The van der Waals surface area contributed by atoms with E-state index in [0.717, 1.165) is 44.2 Å². The quantitative estimate of drug-likeness (QED) is 0.191. The van der Waals surface area contributed by atoms with Gasteiger partial charge < -0.3 is 4.57 Å². The maximum atomic E-state index is 5.26. The van der Waals surface area contributed by atoms with Crippen molar-refractivity contribution in [2.75, 3.05) is 0 Å². The Balaban J connectivity index is 1.14. The van der Waals surface area contributed by atoms with E-state index in [9.17, 15) is 0 Å². The van der Waals surface area contributed by atoms with Crippen molar-refractivity contribution < 1.29 is 0 Å². The Kier molecular flexibility index (Phi) is 5.92. The highest BCUT2D eigenvalue weighted by molar-refractivity contribution is 6.18. The lowest BCUT2D eigenvalue weighted by molar-refractivity contribution is 1.07. The fraction of sp³-hybridized carbons (Fsp3) is 0. The molecule has 8 aromatic carbocycles. The first-order valence-electron chi connectivity index (χ1n) is 17.3. The van der Waals surface area contributed by atoms with Gasteiger partial charge in [0.25, 0.3) is 0 Å². The summed E-state index contributed by atoms with van der Waals surface area (Å²) in [6, 6.07) is 60.3. The molecule has 10 aromatic rings. The first-order valence-corrected chi connectivity index (χ1v) is 17.3. The molecule has 4 nitrogen and oxygen atoms in total. The maximum Gasteiger partial charge on any atom is 0.164 e. The predicted octanol–water partition coefficient (Wildman–Crippen LogP) is 11.9. The first-order chi connectivity index (χ1) is 25.3. The lowest BCUT2D eigenvalue weighted by Crippen LogP contribution is -2.01. The fourth-order valence-electron chi connectivity index (χ4n) is 8.07. The van der Waals surface area contributed by atoms with Crippen LogP contribution in [0, 0.1) is 0 Å². The van der Waals surface area contributed by atoms with Crippen LogP contribution in [-0.2, 0) is 0 Å². The first kappa shape index (κ1) is 28.0. The van der Waals surface area contributed by atoms with Crippen molar-refractivity contribution in [1.82, 2.24) is 19.5 Å². The molecule has 0 amide bonds. The van der Waals surface area contributed by atoms with Crippen LogP contribution >= 0.6 is 0 Å². The molecule has 0 atom stereocenters. The van der Waals surface area contributed by atoms with Gasteiger partial charge in [-0.2, -0.15) is 0 Å². The van der Waals surface area contributed by atoms with Crippen molar-refractivity contribution in [3.05, 3.63) is 170 Å². The monoisotopic (exact) mass is 648 g/mol. The van der Waals surface area contributed by atoms with E-state index in [-0.39, 0.29) is 0 Å². The van der Waals surface area contributed by atoms with Crippen LogP contribution in [0.1, 0.15) is 0 Å². The van der Waals surface area contributed by atoms with E-state index >= 15 is 0 Å². The van der Waals surface area contributed by atoms with E-state index < -0.39 is 0 Å². The Morgan fingerprint density at radius 3 is 1.65 bits per heavy atom. The van der Waals surface area contributed by atoms with Gasteiger partial charge in [-0.3, -0.25) is 0 Å². The van der Waals surface area contributed by atoms with Gasteiger partial charge in [0.15, 0.2) is 17.5 Å². The van der Waals surface area contributed by atoms with Gasteiger partial charge in [0.05, 0.1) is 11.0 Å². The van der Waals surface area contributed by atoms with Gasteiger partial charge in [0, 0.05) is 33.2 Å². The minimum Gasteiger partial charge on any atom is -0.309 e. The van der Waals surface area contributed by atoms with Crippen molar-refractivity contribution in [1.29, 1.82) is 0 Å². The van der Waals surface area contributed by atoms with Gasteiger partial charge in [-0.25, -0.2) is 15.0 Å². The van der Waals surface area contributed by atoms with Crippen LogP contribution in [0.4, 0.5) is 0 Å². The number of benzene rings is 8. The topological polar surface area (TPSA) is 43.6 Å². The third kappa shape index (κ3) is 4.23. The summed E-state index contributed by atoms with van der Waals surface area (Å²) in [5, 5.41) is 7.18. The van der Waals surface area contributed by atoms with E-state index in [1.54, 1.807) is 0 Å².